The Morgan fingerprint density at radius 3 is 2.60 bits per heavy atom. The maximum atomic E-state index is 11.9. The summed E-state index contributed by atoms with van der Waals surface area (Å²) < 4.78 is 27.0. The zero-order valence-corrected chi connectivity index (χ0v) is 13.9. The van der Waals surface area contributed by atoms with Gasteiger partial charge in [-0.3, -0.25) is 4.79 Å². The molecule has 0 fully saturated rings. The van der Waals surface area contributed by atoms with Gasteiger partial charge in [-0.2, -0.15) is 0 Å². The number of nitrogens with zero attached hydrogens (tertiary/aromatic N) is 1. The molecule has 0 spiro atoms. The number of sulfonamides is 1. The average Bonchev–Trinajstić information content (AvgIpc) is 2.80. The predicted molar refractivity (Wildman–Crippen MR) is 81.7 cm³/mol. The van der Waals surface area contributed by atoms with Gasteiger partial charge in [-0.05, 0) is 18.6 Å². The number of amides is 1. The molecule has 0 saturated heterocycles. The smallest absolute Gasteiger partial charge is 0.250 e. The predicted octanol–water partition coefficient (Wildman–Crippen LogP) is 2.33. The van der Waals surface area contributed by atoms with E-state index in [0.717, 1.165) is 24.2 Å². The monoisotopic (exact) mass is 338 g/mol. The van der Waals surface area contributed by atoms with Crippen LogP contribution < -0.4 is 4.72 Å². The van der Waals surface area contributed by atoms with Crippen LogP contribution in [0.4, 0.5) is 0 Å². The number of carbonyl (C=O) groups is 1. The topological polar surface area (TPSA) is 66.5 Å². The van der Waals surface area contributed by atoms with Crippen molar-refractivity contribution in [1.82, 2.24) is 9.62 Å². The van der Waals surface area contributed by atoms with Gasteiger partial charge in [0, 0.05) is 26.6 Å². The Morgan fingerprint density at radius 2 is 2.10 bits per heavy atom. The Balaban J connectivity index is 2.51. The minimum atomic E-state index is -3.54. The van der Waals surface area contributed by atoms with Gasteiger partial charge in [0.25, 0.3) is 0 Å². The van der Waals surface area contributed by atoms with Gasteiger partial charge in [0.15, 0.2) is 0 Å². The standard InChI is InChI=1S/C12H19ClN2O3S2/c1-3-4-8-15(10(2)16)9-7-14-20(17,18)12-6-5-11(13)19-12/h5-6,14H,3-4,7-9H2,1-2H3. The number of rotatable bonds is 8. The van der Waals surface area contributed by atoms with E-state index < -0.39 is 10.0 Å². The van der Waals surface area contributed by atoms with Crippen LogP contribution in [0, 0.1) is 0 Å². The largest absolute Gasteiger partial charge is 0.342 e. The fourth-order valence-electron chi connectivity index (χ4n) is 1.60. The molecular formula is C12H19ClN2O3S2. The van der Waals surface area contributed by atoms with E-state index in [4.69, 9.17) is 11.6 Å². The summed E-state index contributed by atoms with van der Waals surface area (Å²) in [5, 5.41) is 0. The number of carbonyl (C=O) groups excluding carboxylic acids is 1. The fraction of sp³-hybridized carbons (Fsp3) is 0.583. The zero-order valence-electron chi connectivity index (χ0n) is 11.6. The first-order valence-electron chi connectivity index (χ1n) is 6.37. The molecule has 1 N–H and O–H groups in total. The number of hydrogen-bond acceptors (Lipinski definition) is 4. The van der Waals surface area contributed by atoms with E-state index in [1.165, 1.54) is 13.0 Å². The van der Waals surface area contributed by atoms with Gasteiger partial charge in [0.2, 0.25) is 15.9 Å². The van der Waals surface area contributed by atoms with Gasteiger partial charge < -0.3 is 4.90 Å². The maximum Gasteiger partial charge on any atom is 0.250 e. The second-order valence-electron chi connectivity index (χ2n) is 4.32. The van der Waals surface area contributed by atoms with Crippen LogP contribution in [0.3, 0.4) is 0 Å². The van der Waals surface area contributed by atoms with Crippen molar-refractivity contribution in [3.8, 4) is 0 Å². The summed E-state index contributed by atoms with van der Waals surface area (Å²) in [5.74, 6) is -0.0446. The van der Waals surface area contributed by atoms with E-state index in [9.17, 15) is 13.2 Å². The summed E-state index contributed by atoms with van der Waals surface area (Å²) in [5.41, 5.74) is 0. The number of halogens is 1. The second kappa shape index (κ2) is 7.97. The highest BCUT2D eigenvalue weighted by atomic mass is 35.5. The summed E-state index contributed by atoms with van der Waals surface area (Å²) in [6, 6.07) is 3.01. The Hall–Kier alpha value is -0.630. The molecule has 0 atom stereocenters. The summed E-state index contributed by atoms with van der Waals surface area (Å²) in [4.78, 5) is 13.1. The number of unbranched alkanes of at least 4 members (excludes halogenated alkanes) is 1. The number of thiophene rings is 1. The van der Waals surface area contributed by atoms with Crippen LogP contribution in [-0.2, 0) is 14.8 Å². The van der Waals surface area contributed by atoms with E-state index in [1.807, 2.05) is 6.92 Å². The van der Waals surface area contributed by atoms with Gasteiger partial charge in [0.1, 0.15) is 4.21 Å². The summed E-state index contributed by atoms with van der Waals surface area (Å²) in [7, 11) is -3.54. The van der Waals surface area contributed by atoms with E-state index >= 15 is 0 Å². The average molecular weight is 339 g/mol. The molecule has 1 rings (SSSR count). The Labute approximate surface area is 129 Å². The molecule has 0 aliphatic heterocycles. The minimum absolute atomic E-state index is 0.0446. The van der Waals surface area contributed by atoms with Crippen LogP contribution in [0.5, 0.6) is 0 Å². The fourth-order valence-corrected chi connectivity index (χ4v) is 4.15. The Bertz CT molecular complexity index is 543. The molecule has 0 aromatic carbocycles. The van der Waals surface area contributed by atoms with E-state index in [-0.39, 0.29) is 16.7 Å². The molecule has 0 aliphatic rings. The lowest BCUT2D eigenvalue weighted by Crippen LogP contribution is -2.37. The molecule has 8 heteroatoms. The van der Waals surface area contributed by atoms with E-state index in [0.29, 0.717) is 17.4 Å². The van der Waals surface area contributed by atoms with Gasteiger partial charge >= 0.3 is 0 Å². The van der Waals surface area contributed by atoms with Gasteiger partial charge in [-0.1, -0.05) is 24.9 Å². The van der Waals surface area contributed by atoms with Crippen LogP contribution in [0.2, 0.25) is 4.34 Å². The molecular weight excluding hydrogens is 320 g/mol. The van der Waals surface area contributed by atoms with Gasteiger partial charge in [0.05, 0.1) is 4.34 Å². The molecule has 1 heterocycles. The molecule has 0 saturated carbocycles. The third kappa shape index (κ3) is 5.40. The van der Waals surface area contributed by atoms with Crippen LogP contribution in [0.15, 0.2) is 16.3 Å². The molecule has 0 bridgehead atoms. The highest BCUT2D eigenvalue weighted by molar-refractivity contribution is 7.91. The first kappa shape index (κ1) is 17.4. The van der Waals surface area contributed by atoms with Crippen molar-refractivity contribution in [1.29, 1.82) is 0 Å². The van der Waals surface area contributed by atoms with Gasteiger partial charge in [-0.15, -0.1) is 11.3 Å². The quantitative estimate of drug-likeness (QED) is 0.791. The number of nitrogens with one attached hydrogen (secondary N) is 1. The third-order valence-corrected chi connectivity index (χ3v) is 5.90. The molecule has 0 unspecified atom stereocenters. The zero-order chi connectivity index (χ0) is 15.2. The highest BCUT2D eigenvalue weighted by Gasteiger charge is 2.17. The minimum Gasteiger partial charge on any atom is -0.342 e. The molecule has 114 valence electrons. The van der Waals surface area contributed by atoms with Crippen molar-refractivity contribution in [2.45, 2.75) is 30.9 Å². The molecule has 1 amide bonds. The number of hydrogen-bond donors (Lipinski definition) is 1. The third-order valence-electron chi connectivity index (χ3n) is 2.71. The molecule has 0 radical (unpaired) electrons. The van der Waals surface area contributed by atoms with Crippen LogP contribution in [0.1, 0.15) is 26.7 Å². The lowest BCUT2D eigenvalue weighted by Gasteiger charge is -2.20. The van der Waals surface area contributed by atoms with Crippen molar-refractivity contribution >= 4 is 38.9 Å². The second-order valence-corrected chi connectivity index (χ2v) is 8.02. The molecule has 1 aromatic heterocycles. The summed E-state index contributed by atoms with van der Waals surface area (Å²) in [6.45, 7) is 4.75. The van der Waals surface area contributed by atoms with Crippen molar-refractivity contribution in [3.63, 3.8) is 0 Å². The molecule has 0 aliphatic carbocycles. The lowest BCUT2D eigenvalue weighted by molar-refractivity contribution is -0.128. The van der Waals surface area contributed by atoms with Gasteiger partial charge in [-0.25, -0.2) is 13.1 Å². The normalized spacial score (nSPS) is 11.6. The van der Waals surface area contributed by atoms with Crippen molar-refractivity contribution < 1.29 is 13.2 Å². The van der Waals surface area contributed by atoms with Crippen LogP contribution in [-0.4, -0.2) is 38.9 Å². The van der Waals surface area contributed by atoms with E-state index in [2.05, 4.69) is 4.72 Å². The SMILES string of the molecule is CCCCN(CCNS(=O)(=O)c1ccc(Cl)s1)C(C)=O. The molecule has 5 nitrogen and oxygen atoms in total. The lowest BCUT2D eigenvalue weighted by atomic mass is 10.3. The van der Waals surface area contributed by atoms with Crippen LogP contribution in [0.25, 0.3) is 0 Å². The summed E-state index contributed by atoms with van der Waals surface area (Å²) in [6.07, 6.45) is 1.90. The maximum absolute atomic E-state index is 11.9. The van der Waals surface area contributed by atoms with Crippen molar-refractivity contribution in [3.05, 3.63) is 16.5 Å². The molecule has 20 heavy (non-hydrogen) atoms. The van der Waals surface area contributed by atoms with E-state index in [1.54, 1.807) is 11.0 Å². The van der Waals surface area contributed by atoms with Crippen molar-refractivity contribution in [2.24, 2.45) is 0 Å². The molecule has 1 aromatic rings. The highest BCUT2D eigenvalue weighted by Crippen LogP contribution is 2.25. The summed E-state index contributed by atoms with van der Waals surface area (Å²) >= 11 is 6.73. The Kier molecular flexibility index (Phi) is 6.94. The first-order chi connectivity index (χ1) is 9.36. The van der Waals surface area contributed by atoms with Crippen molar-refractivity contribution in [2.75, 3.05) is 19.6 Å². The Morgan fingerprint density at radius 1 is 1.40 bits per heavy atom. The first-order valence-corrected chi connectivity index (χ1v) is 9.05. The van der Waals surface area contributed by atoms with Crippen LogP contribution >= 0.6 is 22.9 Å².